The van der Waals surface area contributed by atoms with Crippen LogP contribution >= 0.6 is 11.6 Å². The van der Waals surface area contributed by atoms with Crippen LogP contribution in [-0.4, -0.2) is 22.1 Å². The highest BCUT2D eigenvalue weighted by atomic mass is 35.5. The van der Waals surface area contributed by atoms with Gasteiger partial charge in [0.25, 0.3) is 0 Å². The molecule has 0 aliphatic heterocycles. The number of benzene rings is 3. The number of nitrogens with zero attached hydrogens (tertiary/aromatic N) is 3. The van der Waals surface area contributed by atoms with Crippen molar-refractivity contribution in [2.24, 2.45) is 0 Å². The van der Waals surface area contributed by atoms with E-state index in [1.807, 2.05) is 72.8 Å². The number of hydrogen-bond donors (Lipinski definition) is 0. The number of rotatable bonds is 4. The van der Waals surface area contributed by atoms with Crippen molar-refractivity contribution in [3.63, 3.8) is 0 Å². The molecular weight excluding hydrogens is 346 g/mol. The minimum atomic E-state index is 0.669. The minimum absolute atomic E-state index is 0.669. The summed E-state index contributed by atoms with van der Waals surface area (Å²) in [4.78, 5) is 1.66. The average molecular weight is 362 g/mol. The van der Waals surface area contributed by atoms with E-state index >= 15 is 0 Å². The van der Waals surface area contributed by atoms with Gasteiger partial charge in [-0.25, -0.2) is 0 Å². The number of aromatic nitrogens is 3. The summed E-state index contributed by atoms with van der Waals surface area (Å²) in [5.74, 6) is 0. The van der Waals surface area contributed by atoms with Gasteiger partial charge in [0.15, 0.2) is 0 Å². The molecule has 4 rings (SSSR count). The van der Waals surface area contributed by atoms with Crippen LogP contribution < -0.4 is 0 Å². The lowest BCUT2D eigenvalue weighted by molar-refractivity contribution is 0.341. The van der Waals surface area contributed by atoms with Gasteiger partial charge in [-0.1, -0.05) is 48.0 Å². The van der Waals surface area contributed by atoms with Crippen molar-refractivity contribution < 1.29 is 4.74 Å². The van der Waals surface area contributed by atoms with Crippen LogP contribution in [0.25, 0.3) is 33.9 Å². The molecular formula is C21H16ClN3O. The topological polar surface area (TPSA) is 39.9 Å². The van der Waals surface area contributed by atoms with Crippen molar-refractivity contribution >= 4 is 28.7 Å². The Hall–Kier alpha value is -3.11. The summed E-state index contributed by atoms with van der Waals surface area (Å²) in [7, 11) is 1.62. The van der Waals surface area contributed by atoms with Crippen molar-refractivity contribution in [1.82, 2.24) is 15.0 Å². The Morgan fingerprint density at radius 2 is 1.77 bits per heavy atom. The highest BCUT2D eigenvalue weighted by Crippen LogP contribution is 2.32. The molecule has 0 saturated heterocycles. The fourth-order valence-corrected chi connectivity index (χ4v) is 3.05. The molecule has 4 aromatic rings. The molecule has 0 saturated carbocycles. The van der Waals surface area contributed by atoms with Crippen LogP contribution in [0.5, 0.6) is 0 Å². The fraction of sp³-hybridized carbons (Fsp3) is 0.0476. The van der Waals surface area contributed by atoms with Crippen molar-refractivity contribution in [3.05, 3.63) is 83.6 Å². The Morgan fingerprint density at radius 1 is 0.923 bits per heavy atom. The first kappa shape index (κ1) is 16.4. The monoisotopic (exact) mass is 361 g/mol. The number of ether oxygens (including phenoxy) is 1. The van der Waals surface area contributed by atoms with E-state index in [2.05, 4.69) is 5.10 Å². The van der Waals surface area contributed by atoms with Gasteiger partial charge >= 0.3 is 0 Å². The van der Waals surface area contributed by atoms with Crippen molar-refractivity contribution in [2.45, 2.75) is 0 Å². The van der Waals surface area contributed by atoms with Gasteiger partial charge in [-0.15, -0.1) is 10.2 Å². The van der Waals surface area contributed by atoms with Gasteiger partial charge in [-0.05, 0) is 47.5 Å². The summed E-state index contributed by atoms with van der Waals surface area (Å²) in [5, 5.41) is 10.00. The van der Waals surface area contributed by atoms with Gasteiger partial charge in [0.2, 0.25) is 0 Å². The second kappa shape index (κ2) is 7.02. The standard InChI is InChI=1S/C21H16ClN3O/c1-26-13-12-15-10-11-16(22)14-19(15)18-8-5-9-20-21(18)24-25(23-20)17-6-3-2-4-7-17/h2-14H,1H3/b13-12-. The summed E-state index contributed by atoms with van der Waals surface area (Å²) in [6.45, 7) is 0. The maximum atomic E-state index is 6.26. The van der Waals surface area contributed by atoms with E-state index in [1.54, 1.807) is 18.2 Å². The predicted molar refractivity (Wildman–Crippen MR) is 105 cm³/mol. The molecule has 0 unspecified atom stereocenters. The first-order chi connectivity index (χ1) is 12.8. The van der Waals surface area contributed by atoms with Crippen LogP contribution in [0.3, 0.4) is 0 Å². The molecule has 0 N–H and O–H groups in total. The first-order valence-corrected chi connectivity index (χ1v) is 8.55. The molecule has 0 aliphatic carbocycles. The molecule has 0 aliphatic rings. The Morgan fingerprint density at radius 3 is 2.58 bits per heavy atom. The number of para-hydroxylation sites is 1. The number of hydrogen-bond acceptors (Lipinski definition) is 3. The molecule has 26 heavy (non-hydrogen) atoms. The van der Waals surface area contributed by atoms with Crippen LogP contribution in [0.4, 0.5) is 0 Å². The van der Waals surface area contributed by atoms with Crippen LogP contribution in [0, 0.1) is 0 Å². The Labute approximate surface area is 156 Å². The smallest absolute Gasteiger partial charge is 0.121 e. The molecule has 0 bridgehead atoms. The van der Waals surface area contributed by atoms with Gasteiger partial charge in [0.1, 0.15) is 11.0 Å². The van der Waals surface area contributed by atoms with E-state index in [-0.39, 0.29) is 0 Å². The molecule has 0 fully saturated rings. The van der Waals surface area contributed by atoms with Crippen LogP contribution in [0.2, 0.25) is 5.02 Å². The van der Waals surface area contributed by atoms with Gasteiger partial charge < -0.3 is 4.74 Å². The molecule has 3 aromatic carbocycles. The summed E-state index contributed by atoms with van der Waals surface area (Å²) >= 11 is 6.26. The maximum absolute atomic E-state index is 6.26. The average Bonchev–Trinajstić information content (AvgIpc) is 3.12. The van der Waals surface area contributed by atoms with E-state index < -0.39 is 0 Å². The zero-order valence-corrected chi connectivity index (χ0v) is 14.9. The third-order valence-corrected chi connectivity index (χ3v) is 4.32. The maximum Gasteiger partial charge on any atom is 0.121 e. The van der Waals surface area contributed by atoms with Crippen molar-refractivity contribution in [3.8, 4) is 16.8 Å². The van der Waals surface area contributed by atoms with Crippen LogP contribution in [0.15, 0.2) is 73.0 Å². The molecule has 1 aromatic heterocycles. The van der Waals surface area contributed by atoms with E-state index in [1.165, 1.54) is 0 Å². The van der Waals surface area contributed by atoms with Gasteiger partial charge in [0, 0.05) is 10.6 Å². The Kier molecular flexibility index (Phi) is 4.42. The normalized spacial score (nSPS) is 11.3. The fourth-order valence-electron chi connectivity index (χ4n) is 2.88. The van der Waals surface area contributed by atoms with Crippen molar-refractivity contribution in [2.75, 3.05) is 7.11 Å². The third-order valence-electron chi connectivity index (χ3n) is 4.09. The Balaban J connectivity index is 1.92. The lowest BCUT2D eigenvalue weighted by Crippen LogP contribution is -1.97. The number of methoxy groups -OCH3 is 1. The SMILES string of the molecule is CO/C=C\c1ccc(Cl)cc1-c1cccc2nn(-c3ccccc3)nc12. The summed E-state index contributed by atoms with van der Waals surface area (Å²) < 4.78 is 5.07. The van der Waals surface area contributed by atoms with E-state index in [0.29, 0.717) is 5.02 Å². The molecule has 0 spiro atoms. The Bertz CT molecular complexity index is 1090. The quantitative estimate of drug-likeness (QED) is 0.459. The highest BCUT2D eigenvalue weighted by molar-refractivity contribution is 6.31. The van der Waals surface area contributed by atoms with E-state index in [9.17, 15) is 0 Å². The molecule has 1 heterocycles. The van der Waals surface area contributed by atoms with Crippen LogP contribution in [0.1, 0.15) is 5.56 Å². The second-order valence-electron chi connectivity index (χ2n) is 5.77. The molecule has 4 nitrogen and oxygen atoms in total. The predicted octanol–water partition coefficient (Wildman–Crippen LogP) is 5.36. The zero-order valence-electron chi connectivity index (χ0n) is 14.1. The molecule has 128 valence electrons. The van der Waals surface area contributed by atoms with Crippen molar-refractivity contribution in [1.29, 1.82) is 0 Å². The summed E-state index contributed by atoms with van der Waals surface area (Å²) in [5.41, 5.74) is 5.52. The lowest BCUT2D eigenvalue weighted by Gasteiger charge is -2.07. The minimum Gasteiger partial charge on any atom is -0.504 e. The molecule has 5 heteroatoms. The highest BCUT2D eigenvalue weighted by Gasteiger charge is 2.13. The second-order valence-corrected chi connectivity index (χ2v) is 6.20. The summed E-state index contributed by atoms with van der Waals surface area (Å²) in [6.07, 6.45) is 3.56. The van der Waals surface area contributed by atoms with E-state index in [0.717, 1.165) is 33.4 Å². The molecule has 0 atom stereocenters. The third kappa shape index (κ3) is 3.07. The molecule has 0 amide bonds. The van der Waals surface area contributed by atoms with Crippen LogP contribution in [-0.2, 0) is 4.74 Å². The van der Waals surface area contributed by atoms with Gasteiger partial charge in [0.05, 0.1) is 19.1 Å². The first-order valence-electron chi connectivity index (χ1n) is 8.17. The van der Waals surface area contributed by atoms with Gasteiger partial charge in [-0.3, -0.25) is 0 Å². The number of fused-ring (bicyclic) bond motifs is 1. The molecule has 0 radical (unpaired) electrons. The zero-order chi connectivity index (χ0) is 17.9. The van der Waals surface area contributed by atoms with Gasteiger partial charge in [-0.2, -0.15) is 4.80 Å². The largest absolute Gasteiger partial charge is 0.504 e. The number of halogens is 1. The summed E-state index contributed by atoms with van der Waals surface area (Å²) in [6, 6.07) is 21.6. The lowest BCUT2D eigenvalue weighted by atomic mass is 9.98. The van der Waals surface area contributed by atoms with E-state index in [4.69, 9.17) is 21.4 Å².